The van der Waals surface area contributed by atoms with Crippen LogP contribution in [-0.2, 0) is 28.9 Å². The first-order valence-corrected chi connectivity index (χ1v) is 12.6. The van der Waals surface area contributed by atoms with Crippen LogP contribution in [0.4, 0.5) is 26.3 Å². The van der Waals surface area contributed by atoms with Crippen molar-refractivity contribution in [1.29, 1.82) is 5.26 Å². The molecule has 0 radical (unpaired) electrons. The summed E-state index contributed by atoms with van der Waals surface area (Å²) in [7, 11) is -4.44. The van der Waals surface area contributed by atoms with E-state index in [0.717, 1.165) is 4.31 Å². The van der Waals surface area contributed by atoms with Crippen LogP contribution < -0.4 is 0 Å². The second-order valence-electron chi connectivity index (χ2n) is 7.48. The lowest BCUT2D eigenvalue weighted by Crippen LogP contribution is -2.41. The molecule has 1 heterocycles. The normalized spacial score (nSPS) is 17.3. The molecule has 2 aromatic carbocycles. The van der Waals surface area contributed by atoms with E-state index in [1.807, 2.05) is 6.19 Å². The zero-order chi connectivity index (χ0) is 25.5. The summed E-state index contributed by atoms with van der Waals surface area (Å²) in [5.41, 5.74) is -3.71. The van der Waals surface area contributed by atoms with Crippen molar-refractivity contribution >= 4 is 41.9 Å². The predicted molar refractivity (Wildman–Crippen MR) is 117 cm³/mol. The van der Waals surface area contributed by atoms with Gasteiger partial charge in [-0.1, -0.05) is 22.0 Å². The molecule has 5 nitrogen and oxygen atoms in total. The van der Waals surface area contributed by atoms with Crippen molar-refractivity contribution < 1.29 is 34.8 Å². The summed E-state index contributed by atoms with van der Waals surface area (Å²) in [6.07, 6.45) is -8.14. The van der Waals surface area contributed by atoms with Crippen molar-refractivity contribution in [3.63, 3.8) is 0 Å². The number of benzene rings is 2. The molecular formula is C20H15Br2F6N3O2S. The second kappa shape index (κ2) is 9.67. The molecule has 184 valence electrons. The van der Waals surface area contributed by atoms with Crippen LogP contribution in [0, 0.1) is 11.5 Å². The second-order valence-corrected chi connectivity index (χ2v) is 11.1. The average Bonchev–Trinajstić information content (AvgIpc) is 3.20. The third-order valence-electron chi connectivity index (χ3n) is 5.26. The highest BCUT2D eigenvalue weighted by Gasteiger charge is 2.41. The van der Waals surface area contributed by atoms with Crippen molar-refractivity contribution in [2.75, 3.05) is 13.1 Å². The van der Waals surface area contributed by atoms with E-state index in [4.69, 9.17) is 5.26 Å². The number of nitriles is 1. The molecule has 0 amide bonds. The monoisotopic (exact) mass is 633 g/mol. The molecule has 34 heavy (non-hydrogen) atoms. The number of likely N-dealkylation sites (tertiary alicyclic amines) is 1. The van der Waals surface area contributed by atoms with E-state index in [1.165, 1.54) is 17.0 Å². The minimum atomic E-state index is -5.16. The van der Waals surface area contributed by atoms with Gasteiger partial charge in [0.1, 0.15) is 0 Å². The Kier molecular flexibility index (Phi) is 7.62. The molecule has 1 aliphatic heterocycles. The fourth-order valence-corrected chi connectivity index (χ4v) is 6.69. The zero-order valence-corrected chi connectivity index (χ0v) is 20.9. The Morgan fingerprint density at radius 2 is 1.74 bits per heavy atom. The predicted octanol–water partition coefficient (Wildman–Crippen LogP) is 6.00. The Morgan fingerprint density at radius 3 is 2.29 bits per heavy atom. The van der Waals surface area contributed by atoms with Crippen molar-refractivity contribution in [3.05, 3.63) is 62.0 Å². The molecule has 3 rings (SSSR count). The Morgan fingerprint density at radius 1 is 1.06 bits per heavy atom. The van der Waals surface area contributed by atoms with Gasteiger partial charge in [0.05, 0.1) is 16.0 Å². The van der Waals surface area contributed by atoms with Gasteiger partial charge in [0.2, 0.25) is 10.0 Å². The lowest BCUT2D eigenvalue weighted by atomic mass is 10.0. The Hall–Kier alpha value is -1.82. The van der Waals surface area contributed by atoms with Crippen molar-refractivity contribution in [2.24, 2.45) is 0 Å². The van der Waals surface area contributed by atoms with Crippen molar-refractivity contribution in [1.82, 2.24) is 9.21 Å². The SMILES string of the molecule is N#CN1CCC(N(Cc2ccc(C(F)(F)F)cc2C(F)(F)F)S(=O)(=O)c2cc(Br)ccc2Br)C1. The van der Waals surface area contributed by atoms with Crippen LogP contribution in [0.1, 0.15) is 23.1 Å². The minimum Gasteiger partial charge on any atom is -0.309 e. The maximum absolute atomic E-state index is 13.7. The van der Waals surface area contributed by atoms with Gasteiger partial charge in [0.15, 0.2) is 6.19 Å². The number of hydrogen-bond acceptors (Lipinski definition) is 4. The summed E-state index contributed by atoms with van der Waals surface area (Å²) in [4.78, 5) is 1.03. The van der Waals surface area contributed by atoms with Crippen LogP contribution in [0.3, 0.4) is 0 Å². The van der Waals surface area contributed by atoms with Gasteiger partial charge < -0.3 is 4.90 Å². The van der Waals surface area contributed by atoms with E-state index in [1.54, 1.807) is 6.07 Å². The molecule has 14 heteroatoms. The van der Waals surface area contributed by atoms with Gasteiger partial charge in [-0.25, -0.2) is 8.42 Å². The molecule has 1 unspecified atom stereocenters. The van der Waals surface area contributed by atoms with Crippen LogP contribution in [0.5, 0.6) is 0 Å². The summed E-state index contributed by atoms with van der Waals surface area (Å²) >= 11 is 6.30. The summed E-state index contributed by atoms with van der Waals surface area (Å²) in [5, 5.41) is 9.15. The van der Waals surface area contributed by atoms with Crippen LogP contribution in [-0.4, -0.2) is 36.8 Å². The molecule has 1 saturated heterocycles. The van der Waals surface area contributed by atoms with E-state index < -0.39 is 51.7 Å². The molecule has 0 spiro atoms. The molecule has 0 aromatic heterocycles. The van der Waals surface area contributed by atoms with Crippen LogP contribution in [0.25, 0.3) is 0 Å². The molecule has 0 aliphatic carbocycles. The lowest BCUT2D eigenvalue weighted by Gasteiger charge is -2.29. The van der Waals surface area contributed by atoms with Gasteiger partial charge in [0.25, 0.3) is 0 Å². The topological polar surface area (TPSA) is 64.4 Å². The minimum absolute atomic E-state index is 0.0224. The van der Waals surface area contributed by atoms with E-state index in [0.29, 0.717) is 16.6 Å². The van der Waals surface area contributed by atoms with Crippen LogP contribution >= 0.6 is 31.9 Å². The number of sulfonamides is 1. The molecular weight excluding hydrogens is 620 g/mol. The fraction of sp³-hybridized carbons (Fsp3) is 0.350. The van der Waals surface area contributed by atoms with Gasteiger partial charge in [-0.3, -0.25) is 0 Å². The molecule has 0 N–H and O–H groups in total. The first-order valence-electron chi connectivity index (χ1n) is 9.53. The third kappa shape index (κ3) is 5.69. The van der Waals surface area contributed by atoms with Crippen molar-refractivity contribution in [3.8, 4) is 6.19 Å². The number of halogens is 8. The fourth-order valence-electron chi connectivity index (χ4n) is 3.60. The summed E-state index contributed by atoms with van der Waals surface area (Å²) < 4.78 is 109. The lowest BCUT2D eigenvalue weighted by molar-refractivity contribution is -0.143. The molecule has 1 fully saturated rings. The Balaban J connectivity index is 2.14. The maximum atomic E-state index is 13.7. The summed E-state index contributed by atoms with van der Waals surface area (Å²) in [5.74, 6) is 0. The first-order chi connectivity index (χ1) is 15.6. The summed E-state index contributed by atoms with van der Waals surface area (Å²) in [6, 6.07) is 4.48. The highest BCUT2D eigenvalue weighted by molar-refractivity contribution is 9.11. The molecule has 1 aliphatic rings. The quantitative estimate of drug-likeness (QED) is 0.299. The number of hydrogen-bond donors (Lipinski definition) is 0. The molecule has 0 saturated carbocycles. The number of rotatable bonds is 5. The zero-order valence-electron chi connectivity index (χ0n) is 17.0. The van der Waals surface area contributed by atoms with Crippen LogP contribution in [0.2, 0.25) is 0 Å². The van der Waals surface area contributed by atoms with E-state index in [-0.39, 0.29) is 34.9 Å². The highest BCUT2D eigenvalue weighted by Crippen LogP contribution is 2.39. The first kappa shape index (κ1) is 26.8. The van der Waals surface area contributed by atoms with Gasteiger partial charge in [0, 0.05) is 34.6 Å². The van der Waals surface area contributed by atoms with E-state index >= 15 is 0 Å². The van der Waals surface area contributed by atoms with E-state index in [9.17, 15) is 34.8 Å². The van der Waals surface area contributed by atoms with Gasteiger partial charge in [-0.05, 0) is 58.2 Å². The summed E-state index contributed by atoms with van der Waals surface area (Å²) in [6.45, 7) is -0.715. The smallest absolute Gasteiger partial charge is 0.309 e. The largest absolute Gasteiger partial charge is 0.416 e. The Labute approximate surface area is 208 Å². The molecule has 0 bridgehead atoms. The van der Waals surface area contributed by atoms with Crippen LogP contribution in [0.15, 0.2) is 50.2 Å². The van der Waals surface area contributed by atoms with E-state index in [2.05, 4.69) is 31.9 Å². The molecule has 1 atom stereocenters. The number of nitrogens with zero attached hydrogens (tertiary/aromatic N) is 3. The number of alkyl halides is 6. The maximum Gasteiger partial charge on any atom is 0.416 e. The van der Waals surface area contributed by atoms with Gasteiger partial charge >= 0.3 is 12.4 Å². The average molecular weight is 635 g/mol. The Bertz CT molecular complexity index is 1230. The highest BCUT2D eigenvalue weighted by atomic mass is 79.9. The van der Waals surface area contributed by atoms with Crippen molar-refractivity contribution in [2.45, 2.75) is 36.3 Å². The third-order valence-corrected chi connectivity index (χ3v) is 8.65. The standard InChI is InChI=1S/C20H15Br2F6N3O2S/c21-14-3-4-17(22)18(8-14)34(32,33)31(15-5-6-30(10-15)11-29)9-12-1-2-13(19(23,24)25)7-16(12)20(26,27)28/h1-4,7-8,15H,5-6,9-10H2. The van der Waals surface area contributed by atoms with Gasteiger partial charge in [-0.15, -0.1) is 0 Å². The molecule has 2 aromatic rings. The van der Waals surface area contributed by atoms with Gasteiger partial charge in [-0.2, -0.15) is 35.9 Å².